The molecular weight excluding hydrogens is 206 g/mol. The van der Waals surface area contributed by atoms with Crippen LogP contribution in [0.15, 0.2) is 11.4 Å². The van der Waals surface area contributed by atoms with Gasteiger partial charge in [0, 0.05) is 24.3 Å². The van der Waals surface area contributed by atoms with Gasteiger partial charge < -0.3 is 5.32 Å². The lowest BCUT2D eigenvalue weighted by Crippen LogP contribution is -2.48. The summed E-state index contributed by atoms with van der Waals surface area (Å²) in [4.78, 5) is 12.8. The Hall–Kier alpha value is -0.670. The third-order valence-corrected chi connectivity index (χ3v) is 4.86. The zero-order valence-corrected chi connectivity index (χ0v) is 9.53. The van der Waals surface area contributed by atoms with Crippen molar-refractivity contribution in [1.82, 2.24) is 5.32 Å². The first-order valence-electron chi connectivity index (χ1n) is 5.64. The van der Waals surface area contributed by atoms with Crippen LogP contribution >= 0.6 is 11.3 Å². The van der Waals surface area contributed by atoms with E-state index in [1.165, 1.54) is 10.4 Å². The van der Waals surface area contributed by atoms with Crippen LogP contribution in [-0.2, 0) is 16.8 Å². The van der Waals surface area contributed by atoms with Crippen LogP contribution in [0.1, 0.15) is 36.1 Å². The molecule has 2 nitrogen and oxygen atoms in total. The summed E-state index contributed by atoms with van der Waals surface area (Å²) in [7, 11) is 0. The van der Waals surface area contributed by atoms with Gasteiger partial charge in [0.1, 0.15) is 5.78 Å². The van der Waals surface area contributed by atoms with Crippen LogP contribution in [0.3, 0.4) is 0 Å². The van der Waals surface area contributed by atoms with E-state index in [1.807, 2.05) is 11.3 Å². The molecule has 1 aromatic rings. The number of ketones is 1. The second-order valence-corrected chi connectivity index (χ2v) is 5.49. The Kier molecular flexibility index (Phi) is 2.18. The molecule has 1 aliphatic carbocycles. The standard InChI is InChI=1S/C12H15NOS/c14-10-1-5-12(6-2-10)11-9(3-7-13-12)4-8-15-11/h4,8,13H,1-3,5-7H2. The summed E-state index contributed by atoms with van der Waals surface area (Å²) in [6.45, 7) is 1.07. The minimum atomic E-state index is 0.148. The molecule has 1 fully saturated rings. The summed E-state index contributed by atoms with van der Waals surface area (Å²) in [5.74, 6) is 0.436. The molecule has 0 bridgehead atoms. The van der Waals surface area contributed by atoms with E-state index in [2.05, 4.69) is 16.8 Å². The zero-order chi connectivity index (χ0) is 10.3. The number of carbonyl (C=O) groups is 1. The molecule has 3 rings (SSSR count). The summed E-state index contributed by atoms with van der Waals surface area (Å²) in [6, 6.07) is 2.25. The topological polar surface area (TPSA) is 29.1 Å². The molecule has 1 aliphatic heterocycles. The second kappa shape index (κ2) is 3.42. The van der Waals surface area contributed by atoms with Crippen molar-refractivity contribution in [3.05, 3.63) is 21.9 Å². The van der Waals surface area contributed by atoms with Crippen LogP contribution in [0.4, 0.5) is 0 Å². The fourth-order valence-corrected chi connectivity index (χ4v) is 4.02. The Balaban J connectivity index is 1.97. The Morgan fingerprint density at radius 1 is 1.27 bits per heavy atom. The van der Waals surface area contributed by atoms with E-state index in [4.69, 9.17) is 0 Å². The van der Waals surface area contributed by atoms with Gasteiger partial charge in [-0.2, -0.15) is 0 Å². The molecule has 0 amide bonds. The number of hydrogen-bond donors (Lipinski definition) is 1. The largest absolute Gasteiger partial charge is 0.306 e. The molecule has 0 aromatic carbocycles. The minimum Gasteiger partial charge on any atom is -0.306 e. The van der Waals surface area contributed by atoms with Gasteiger partial charge in [-0.05, 0) is 36.3 Å². The van der Waals surface area contributed by atoms with Crippen LogP contribution in [0.25, 0.3) is 0 Å². The summed E-state index contributed by atoms with van der Waals surface area (Å²) in [5, 5.41) is 5.85. The molecule has 80 valence electrons. The highest BCUT2D eigenvalue weighted by molar-refractivity contribution is 7.10. The smallest absolute Gasteiger partial charge is 0.133 e. The highest BCUT2D eigenvalue weighted by atomic mass is 32.1. The second-order valence-electron chi connectivity index (χ2n) is 4.57. The van der Waals surface area contributed by atoms with Crippen molar-refractivity contribution >= 4 is 17.1 Å². The first-order chi connectivity index (χ1) is 7.30. The maximum absolute atomic E-state index is 11.3. The molecule has 0 atom stereocenters. The van der Waals surface area contributed by atoms with Crippen molar-refractivity contribution in [3.8, 4) is 0 Å². The highest BCUT2D eigenvalue weighted by Crippen LogP contribution is 2.42. The average molecular weight is 221 g/mol. The lowest BCUT2D eigenvalue weighted by molar-refractivity contribution is -0.121. The van der Waals surface area contributed by atoms with E-state index in [9.17, 15) is 4.79 Å². The lowest BCUT2D eigenvalue weighted by Gasteiger charge is -2.40. The number of fused-ring (bicyclic) bond motifs is 2. The molecule has 1 N–H and O–H groups in total. The van der Waals surface area contributed by atoms with E-state index in [0.29, 0.717) is 5.78 Å². The van der Waals surface area contributed by atoms with Crippen molar-refractivity contribution in [2.24, 2.45) is 0 Å². The molecule has 1 saturated carbocycles. The molecule has 1 spiro atoms. The Morgan fingerprint density at radius 3 is 2.87 bits per heavy atom. The van der Waals surface area contributed by atoms with Crippen LogP contribution in [0.5, 0.6) is 0 Å². The molecule has 15 heavy (non-hydrogen) atoms. The first kappa shape index (κ1) is 9.55. The number of rotatable bonds is 0. The van der Waals surface area contributed by atoms with Crippen molar-refractivity contribution < 1.29 is 4.79 Å². The van der Waals surface area contributed by atoms with Crippen molar-refractivity contribution in [2.75, 3.05) is 6.54 Å². The number of carbonyl (C=O) groups excluding carboxylic acids is 1. The third-order valence-electron chi connectivity index (χ3n) is 3.70. The molecular formula is C12H15NOS. The molecule has 1 aromatic heterocycles. The molecule has 0 radical (unpaired) electrons. The third kappa shape index (κ3) is 1.45. The van der Waals surface area contributed by atoms with Crippen LogP contribution in [0, 0.1) is 0 Å². The van der Waals surface area contributed by atoms with E-state index in [0.717, 1.165) is 38.6 Å². The monoisotopic (exact) mass is 221 g/mol. The summed E-state index contributed by atoms with van der Waals surface area (Å²) in [6.07, 6.45) is 4.65. The van der Waals surface area contributed by atoms with Gasteiger partial charge in [-0.3, -0.25) is 4.79 Å². The van der Waals surface area contributed by atoms with Gasteiger partial charge in [-0.15, -0.1) is 11.3 Å². The van der Waals surface area contributed by atoms with Gasteiger partial charge in [0.15, 0.2) is 0 Å². The maximum atomic E-state index is 11.3. The summed E-state index contributed by atoms with van der Waals surface area (Å²) < 4.78 is 0. The van der Waals surface area contributed by atoms with Gasteiger partial charge in [-0.25, -0.2) is 0 Å². The molecule has 0 unspecified atom stereocenters. The zero-order valence-electron chi connectivity index (χ0n) is 8.71. The van der Waals surface area contributed by atoms with Gasteiger partial charge in [0.25, 0.3) is 0 Å². The number of Topliss-reactive ketones (excluding diaryl/α,β-unsaturated/α-hetero) is 1. The summed E-state index contributed by atoms with van der Waals surface area (Å²) in [5.41, 5.74) is 1.66. The van der Waals surface area contributed by atoms with Crippen molar-refractivity contribution in [3.63, 3.8) is 0 Å². The van der Waals surface area contributed by atoms with Gasteiger partial charge in [0.05, 0.1) is 5.54 Å². The first-order valence-corrected chi connectivity index (χ1v) is 6.52. The van der Waals surface area contributed by atoms with Crippen molar-refractivity contribution in [2.45, 2.75) is 37.6 Å². The molecule has 0 saturated heterocycles. The SMILES string of the molecule is O=C1CCC2(CC1)NCCc1ccsc12. The normalized spacial score (nSPS) is 24.1. The van der Waals surface area contributed by atoms with Gasteiger partial charge in [0.2, 0.25) is 0 Å². The number of hydrogen-bond acceptors (Lipinski definition) is 3. The Labute approximate surface area is 93.7 Å². The van der Waals surface area contributed by atoms with E-state index in [-0.39, 0.29) is 5.54 Å². The van der Waals surface area contributed by atoms with E-state index >= 15 is 0 Å². The van der Waals surface area contributed by atoms with E-state index in [1.54, 1.807) is 0 Å². The summed E-state index contributed by atoms with van der Waals surface area (Å²) >= 11 is 1.86. The quantitative estimate of drug-likeness (QED) is 0.728. The predicted molar refractivity (Wildman–Crippen MR) is 61.2 cm³/mol. The van der Waals surface area contributed by atoms with Gasteiger partial charge >= 0.3 is 0 Å². The number of nitrogens with one attached hydrogen (secondary N) is 1. The average Bonchev–Trinajstić information content (AvgIpc) is 2.72. The Bertz CT molecular complexity index is 386. The predicted octanol–water partition coefficient (Wildman–Crippen LogP) is 2.23. The maximum Gasteiger partial charge on any atom is 0.133 e. The van der Waals surface area contributed by atoms with Crippen molar-refractivity contribution in [1.29, 1.82) is 0 Å². The van der Waals surface area contributed by atoms with Crippen LogP contribution in [0.2, 0.25) is 0 Å². The highest BCUT2D eigenvalue weighted by Gasteiger charge is 2.40. The fraction of sp³-hybridized carbons (Fsp3) is 0.583. The van der Waals surface area contributed by atoms with E-state index < -0.39 is 0 Å². The lowest BCUT2D eigenvalue weighted by atomic mass is 9.77. The Morgan fingerprint density at radius 2 is 2.07 bits per heavy atom. The number of thiophene rings is 1. The minimum absolute atomic E-state index is 0.148. The molecule has 3 heteroatoms. The molecule has 2 heterocycles. The van der Waals surface area contributed by atoms with Gasteiger partial charge in [-0.1, -0.05) is 0 Å². The fourth-order valence-electron chi connectivity index (χ4n) is 2.83. The van der Waals surface area contributed by atoms with Crippen LogP contribution in [-0.4, -0.2) is 12.3 Å². The van der Waals surface area contributed by atoms with Crippen LogP contribution < -0.4 is 5.32 Å². The molecule has 2 aliphatic rings.